The van der Waals surface area contributed by atoms with Gasteiger partial charge >= 0.3 is 0 Å². The van der Waals surface area contributed by atoms with Crippen LogP contribution in [0.1, 0.15) is 51.6 Å². The van der Waals surface area contributed by atoms with E-state index in [0.29, 0.717) is 23.5 Å². The lowest BCUT2D eigenvalue weighted by molar-refractivity contribution is -0.00623. The third kappa shape index (κ3) is 3.18. The molecule has 4 atom stereocenters. The van der Waals surface area contributed by atoms with E-state index in [1.54, 1.807) is 6.07 Å². The van der Waals surface area contributed by atoms with Gasteiger partial charge in [-0.05, 0) is 36.5 Å². The summed E-state index contributed by atoms with van der Waals surface area (Å²) in [5, 5.41) is 5.51. The number of rotatable bonds is 4. The van der Waals surface area contributed by atoms with Crippen LogP contribution in [0.2, 0.25) is 0 Å². The van der Waals surface area contributed by atoms with Gasteiger partial charge in [0.15, 0.2) is 0 Å². The van der Waals surface area contributed by atoms with E-state index in [9.17, 15) is 18.4 Å². The molecule has 1 heterocycles. The second-order valence-corrected chi connectivity index (χ2v) is 9.06. The first-order chi connectivity index (χ1) is 14.7. The number of hydrogen-bond donors (Lipinski definition) is 2. The number of hydrogen-bond acceptors (Lipinski definition) is 3. The van der Waals surface area contributed by atoms with Gasteiger partial charge in [0.1, 0.15) is 12.4 Å². The molecule has 2 saturated carbocycles. The van der Waals surface area contributed by atoms with Crippen molar-refractivity contribution in [2.24, 2.45) is 11.8 Å². The standard InChI is InChI=1S/C24H24F2N2O3/c1-23(14-6-4-3-5-7-14)12-31-20-15(22(30)27-2)8-13(9-18(20)23)21(29)28-19-16-10-24(25,26)11-17(16)19/h3-9,16-17,19H,10-12H2,1-2H3,(H,27,30)(H,28,29)/t16-,17+,19+,23?. The van der Waals surface area contributed by atoms with Crippen molar-refractivity contribution in [3.8, 4) is 5.75 Å². The fourth-order valence-corrected chi connectivity index (χ4v) is 5.19. The summed E-state index contributed by atoms with van der Waals surface area (Å²) in [7, 11) is 1.53. The topological polar surface area (TPSA) is 67.4 Å². The molecule has 1 unspecified atom stereocenters. The van der Waals surface area contributed by atoms with Gasteiger partial charge in [0.25, 0.3) is 11.8 Å². The van der Waals surface area contributed by atoms with Crippen molar-refractivity contribution in [3.05, 3.63) is 64.7 Å². The first-order valence-corrected chi connectivity index (χ1v) is 10.5. The maximum Gasteiger partial charge on any atom is 0.254 e. The molecule has 2 amide bonds. The van der Waals surface area contributed by atoms with Crippen LogP contribution in [0.4, 0.5) is 8.78 Å². The van der Waals surface area contributed by atoms with Crippen molar-refractivity contribution in [2.45, 2.75) is 37.1 Å². The number of benzene rings is 2. The molecule has 0 spiro atoms. The predicted octanol–water partition coefficient (Wildman–Crippen LogP) is 3.52. The normalized spacial score (nSPS) is 29.5. The number of carbonyl (C=O) groups excluding carboxylic acids is 2. The van der Waals surface area contributed by atoms with Crippen LogP contribution in [-0.2, 0) is 5.41 Å². The van der Waals surface area contributed by atoms with Crippen molar-refractivity contribution in [1.29, 1.82) is 0 Å². The molecule has 0 aromatic heterocycles. The highest BCUT2D eigenvalue weighted by atomic mass is 19.3. The summed E-state index contributed by atoms with van der Waals surface area (Å²) in [6, 6.07) is 12.9. The summed E-state index contributed by atoms with van der Waals surface area (Å²) >= 11 is 0. The minimum Gasteiger partial charge on any atom is -0.491 e. The van der Waals surface area contributed by atoms with Crippen molar-refractivity contribution < 1.29 is 23.1 Å². The Morgan fingerprint density at radius 1 is 1.06 bits per heavy atom. The van der Waals surface area contributed by atoms with Gasteiger partial charge in [-0.3, -0.25) is 9.59 Å². The van der Waals surface area contributed by atoms with Gasteiger partial charge in [0.2, 0.25) is 5.92 Å². The largest absolute Gasteiger partial charge is 0.491 e. The minimum absolute atomic E-state index is 0.162. The summed E-state index contributed by atoms with van der Waals surface area (Å²) < 4.78 is 32.9. The zero-order chi connectivity index (χ0) is 22.0. The molecule has 0 saturated heterocycles. The highest BCUT2D eigenvalue weighted by molar-refractivity contribution is 6.02. The summed E-state index contributed by atoms with van der Waals surface area (Å²) in [5.41, 5.74) is 1.91. The number of halogens is 2. The molecule has 2 aromatic carbocycles. The Bertz CT molecular complexity index is 1060. The van der Waals surface area contributed by atoms with Crippen LogP contribution in [0.25, 0.3) is 0 Å². The summed E-state index contributed by atoms with van der Waals surface area (Å²) in [6.45, 7) is 2.38. The van der Waals surface area contributed by atoms with E-state index in [1.807, 2.05) is 37.3 Å². The summed E-state index contributed by atoms with van der Waals surface area (Å²) in [6.07, 6.45) is -0.341. The molecule has 5 rings (SSSR count). The summed E-state index contributed by atoms with van der Waals surface area (Å²) in [4.78, 5) is 25.6. The quantitative estimate of drug-likeness (QED) is 0.786. The lowest BCUT2D eigenvalue weighted by atomic mass is 9.77. The van der Waals surface area contributed by atoms with Crippen molar-refractivity contribution in [3.63, 3.8) is 0 Å². The van der Waals surface area contributed by atoms with Crippen molar-refractivity contribution in [2.75, 3.05) is 13.7 Å². The molecule has 0 bridgehead atoms. The maximum atomic E-state index is 13.5. The van der Waals surface area contributed by atoms with E-state index in [2.05, 4.69) is 10.6 Å². The first-order valence-electron chi connectivity index (χ1n) is 10.5. The minimum atomic E-state index is -2.62. The van der Waals surface area contributed by atoms with E-state index in [-0.39, 0.29) is 42.5 Å². The van der Waals surface area contributed by atoms with Gasteiger partial charge in [-0.15, -0.1) is 0 Å². The van der Waals surface area contributed by atoms with Gasteiger partial charge in [0.05, 0.1) is 11.0 Å². The Kier molecular flexibility index (Phi) is 4.36. The van der Waals surface area contributed by atoms with Crippen LogP contribution in [0.15, 0.2) is 42.5 Å². The van der Waals surface area contributed by atoms with Crippen molar-refractivity contribution >= 4 is 11.8 Å². The van der Waals surface area contributed by atoms with Gasteiger partial charge in [0, 0.05) is 37.1 Å². The fourth-order valence-electron chi connectivity index (χ4n) is 5.19. The molecule has 2 aliphatic carbocycles. The predicted molar refractivity (Wildman–Crippen MR) is 111 cm³/mol. The fraction of sp³-hybridized carbons (Fsp3) is 0.417. The second-order valence-electron chi connectivity index (χ2n) is 9.06. The zero-order valence-corrected chi connectivity index (χ0v) is 17.4. The summed E-state index contributed by atoms with van der Waals surface area (Å²) in [5.74, 6) is -3.16. The second kappa shape index (κ2) is 6.77. The molecule has 2 fully saturated rings. The van der Waals surface area contributed by atoms with E-state index in [1.165, 1.54) is 13.1 Å². The SMILES string of the molecule is CNC(=O)c1cc(C(=O)N[C@H]2[C@@H]3CC(F)(F)C[C@@H]32)cc2c1OCC2(C)c1ccccc1. The van der Waals surface area contributed by atoms with E-state index in [0.717, 1.165) is 11.1 Å². The highest BCUT2D eigenvalue weighted by Gasteiger charge is 2.63. The average molecular weight is 426 g/mol. The number of alkyl halides is 2. The number of ether oxygens (including phenoxy) is 1. The molecular weight excluding hydrogens is 402 g/mol. The van der Waals surface area contributed by atoms with Gasteiger partial charge in [-0.2, -0.15) is 0 Å². The zero-order valence-electron chi connectivity index (χ0n) is 17.4. The smallest absolute Gasteiger partial charge is 0.254 e. The Morgan fingerprint density at radius 2 is 1.74 bits per heavy atom. The molecule has 5 nitrogen and oxygen atoms in total. The van der Waals surface area contributed by atoms with Gasteiger partial charge in [-0.25, -0.2) is 8.78 Å². The van der Waals surface area contributed by atoms with E-state index < -0.39 is 11.3 Å². The third-order valence-electron chi connectivity index (χ3n) is 7.03. The lowest BCUT2D eigenvalue weighted by Gasteiger charge is -2.24. The molecule has 162 valence electrons. The number of carbonyl (C=O) groups is 2. The average Bonchev–Trinajstić information content (AvgIpc) is 3.09. The monoisotopic (exact) mass is 426 g/mol. The Labute approximate surface area is 179 Å². The van der Waals surface area contributed by atoms with Crippen molar-refractivity contribution in [1.82, 2.24) is 10.6 Å². The molecule has 2 N–H and O–H groups in total. The molecular formula is C24H24F2N2O3. The first kappa shape index (κ1) is 20.0. The van der Waals surface area contributed by atoms with Crippen LogP contribution in [0.3, 0.4) is 0 Å². The Hall–Kier alpha value is -2.96. The van der Waals surface area contributed by atoms with Crippen LogP contribution in [0, 0.1) is 11.8 Å². The molecule has 3 aliphatic rings. The van der Waals surface area contributed by atoms with Gasteiger partial charge in [-0.1, -0.05) is 30.3 Å². The third-order valence-corrected chi connectivity index (χ3v) is 7.03. The van der Waals surface area contributed by atoms with E-state index in [4.69, 9.17) is 4.74 Å². The van der Waals surface area contributed by atoms with E-state index >= 15 is 0 Å². The highest BCUT2D eigenvalue weighted by Crippen LogP contribution is 2.58. The molecule has 2 aromatic rings. The van der Waals surface area contributed by atoms with Crippen LogP contribution in [0.5, 0.6) is 5.75 Å². The molecule has 7 heteroatoms. The molecule has 31 heavy (non-hydrogen) atoms. The van der Waals surface area contributed by atoms with Crippen LogP contribution >= 0.6 is 0 Å². The number of fused-ring (bicyclic) bond motifs is 2. The molecule has 0 radical (unpaired) electrons. The Balaban J connectivity index is 1.49. The van der Waals surface area contributed by atoms with Crippen LogP contribution in [-0.4, -0.2) is 37.4 Å². The van der Waals surface area contributed by atoms with Crippen LogP contribution < -0.4 is 15.4 Å². The Morgan fingerprint density at radius 3 is 2.39 bits per heavy atom. The number of nitrogens with one attached hydrogen (secondary N) is 2. The maximum absolute atomic E-state index is 13.5. The number of amides is 2. The van der Waals surface area contributed by atoms with Gasteiger partial charge < -0.3 is 15.4 Å². The molecule has 1 aliphatic heterocycles. The lowest BCUT2D eigenvalue weighted by Crippen LogP contribution is -2.32.